The Balaban J connectivity index is 1.57. The largest absolute Gasteiger partial charge is 0.491 e. The van der Waals surface area contributed by atoms with E-state index in [9.17, 15) is 4.79 Å². The highest BCUT2D eigenvalue weighted by Crippen LogP contribution is 2.39. The SMILES string of the molecule is N#CCCNC(=O)c1cccc(-c2ccc3c(c2)C(Nc2ccc(Cl)cc2Cl)CO3)c1. The molecule has 0 aromatic heterocycles. The molecule has 1 heterocycles. The van der Waals surface area contributed by atoms with Crippen molar-refractivity contribution in [2.24, 2.45) is 0 Å². The van der Waals surface area contributed by atoms with E-state index in [-0.39, 0.29) is 18.4 Å². The van der Waals surface area contributed by atoms with Gasteiger partial charge in [0.15, 0.2) is 0 Å². The first-order valence-corrected chi connectivity index (χ1v) is 10.5. The molecule has 0 saturated carbocycles. The molecule has 0 spiro atoms. The van der Waals surface area contributed by atoms with E-state index in [4.69, 9.17) is 33.2 Å². The monoisotopic (exact) mass is 451 g/mol. The standard InChI is InChI=1S/C24H19Cl2N3O2/c25-18-6-7-21(20(26)13-18)29-22-14-31-23-8-5-16(12-19(22)23)15-3-1-4-17(11-15)24(30)28-10-2-9-27/h1,3-8,11-13,22,29H,2,10,14H2,(H,28,30). The number of halogens is 2. The average molecular weight is 452 g/mol. The van der Waals surface area contributed by atoms with E-state index < -0.39 is 0 Å². The van der Waals surface area contributed by atoms with Gasteiger partial charge in [0.25, 0.3) is 5.91 Å². The number of amides is 1. The topological polar surface area (TPSA) is 74.2 Å². The second-order valence-corrected chi connectivity index (χ2v) is 7.97. The van der Waals surface area contributed by atoms with Gasteiger partial charge in [0.2, 0.25) is 0 Å². The van der Waals surface area contributed by atoms with Crippen molar-refractivity contribution in [2.75, 3.05) is 18.5 Å². The summed E-state index contributed by atoms with van der Waals surface area (Å²) < 4.78 is 5.83. The number of rotatable bonds is 6. The Bertz CT molecular complexity index is 1170. The molecule has 31 heavy (non-hydrogen) atoms. The molecule has 5 nitrogen and oxygen atoms in total. The van der Waals surface area contributed by atoms with Gasteiger partial charge in [0.05, 0.1) is 29.2 Å². The lowest BCUT2D eigenvalue weighted by Gasteiger charge is -2.15. The predicted molar refractivity (Wildman–Crippen MR) is 123 cm³/mol. The molecule has 1 unspecified atom stereocenters. The number of hydrogen-bond donors (Lipinski definition) is 2. The summed E-state index contributed by atoms with van der Waals surface area (Å²) in [7, 11) is 0. The van der Waals surface area contributed by atoms with Crippen molar-refractivity contribution in [1.29, 1.82) is 5.26 Å². The number of carbonyl (C=O) groups excluding carboxylic acids is 1. The zero-order valence-electron chi connectivity index (χ0n) is 16.5. The molecule has 1 amide bonds. The van der Waals surface area contributed by atoms with Crippen LogP contribution < -0.4 is 15.4 Å². The molecule has 3 aromatic rings. The van der Waals surface area contributed by atoms with Gasteiger partial charge in [0, 0.05) is 22.7 Å². The number of nitrogens with zero attached hydrogens (tertiary/aromatic N) is 1. The molecule has 0 radical (unpaired) electrons. The van der Waals surface area contributed by atoms with Crippen LogP contribution in [0.15, 0.2) is 60.7 Å². The molecule has 4 rings (SSSR count). The molecule has 7 heteroatoms. The molecule has 1 aliphatic rings. The fourth-order valence-corrected chi connectivity index (χ4v) is 3.95. The fraction of sp³-hybridized carbons (Fsp3) is 0.167. The molecule has 0 saturated heterocycles. The lowest BCUT2D eigenvalue weighted by Crippen LogP contribution is -2.24. The van der Waals surface area contributed by atoms with Crippen LogP contribution in [0.25, 0.3) is 11.1 Å². The van der Waals surface area contributed by atoms with Gasteiger partial charge in [-0.05, 0) is 53.6 Å². The van der Waals surface area contributed by atoms with Crippen molar-refractivity contribution in [1.82, 2.24) is 5.32 Å². The summed E-state index contributed by atoms with van der Waals surface area (Å²) in [5.74, 6) is 0.621. The van der Waals surface area contributed by atoms with Gasteiger partial charge in [-0.15, -0.1) is 0 Å². The molecule has 156 valence electrons. The molecule has 1 aliphatic heterocycles. The lowest BCUT2D eigenvalue weighted by molar-refractivity contribution is 0.0954. The Hall–Kier alpha value is -3.20. The van der Waals surface area contributed by atoms with E-state index in [0.29, 0.717) is 28.8 Å². The quantitative estimate of drug-likeness (QED) is 0.460. The zero-order chi connectivity index (χ0) is 21.8. The molecule has 1 atom stereocenters. The summed E-state index contributed by atoms with van der Waals surface area (Å²) >= 11 is 12.3. The summed E-state index contributed by atoms with van der Waals surface area (Å²) in [4.78, 5) is 12.3. The van der Waals surface area contributed by atoms with Gasteiger partial charge in [-0.2, -0.15) is 5.26 Å². The van der Waals surface area contributed by atoms with Crippen molar-refractivity contribution in [3.8, 4) is 22.9 Å². The zero-order valence-corrected chi connectivity index (χ0v) is 18.0. The van der Waals surface area contributed by atoms with Crippen LogP contribution in [0.5, 0.6) is 5.75 Å². The van der Waals surface area contributed by atoms with E-state index in [0.717, 1.165) is 28.1 Å². The first-order chi connectivity index (χ1) is 15.0. The molecule has 0 aliphatic carbocycles. The average Bonchev–Trinajstić information content (AvgIpc) is 3.18. The maximum Gasteiger partial charge on any atom is 0.251 e. The van der Waals surface area contributed by atoms with E-state index in [1.807, 2.05) is 42.5 Å². The number of nitrogens with one attached hydrogen (secondary N) is 2. The molecular weight excluding hydrogens is 433 g/mol. The molecule has 2 N–H and O–H groups in total. The van der Waals surface area contributed by atoms with Crippen molar-refractivity contribution in [2.45, 2.75) is 12.5 Å². The van der Waals surface area contributed by atoms with Gasteiger partial charge >= 0.3 is 0 Å². The molecule has 3 aromatic carbocycles. The van der Waals surface area contributed by atoms with Gasteiger partial charge in [0.1, 0.15) is 12.4 Å². The normalized spacial score (nSPS) is 14.3. The third-order valence-corrected chi connectivity index (χ3v) is 5.58. The van der Waals surface area contributed by atoms with Crippen LogP contribution in [-0.2, 0) is 0 Å². The Labute approximate surface area is 190 Å². The third kappa shape index (κ3) is 4.77. The molecule has 0 bridgehead atoms. The second-order valence-electron chi connectivity index (χ2n) is 7.13. The number of benzene rings is 3. The lowest BCUT2D eigenvalue weighted by atomic mass is 9.98. The predicted octanol–water partition coefficient (Wildman–Crippen LogP) is 5.85. The summed E-state index contributed by atoms with van der Waals surface area (Å²) in [6.07, 6.45) is 0.280. The highest BCUT2D eigenvalue weighted by molar-refractivity contribution is 6.36. The van der Waals surface area contributed by atoms with Crippen LogP contribution in [-0.4, -0.2) is 19.1 Å². The fourth-order valence-electron chi connectivity index (χ4n) is 3.48. The van der Waals surface area contributed by atoms with Gasteiger partial charge in [-0.3, -0.25) is 4.79 Å². The number of fused-ring (bicyclic) bond motifs is 1. The van der Waals surface area contributed by atoms with Crippen LogP contribution in [0.4, 0.5) is 5.69 Å². The summed E-state index contributed by atoms with van der Waals surface area (Å²) in [5, 5.41) is 15.9. The van der Waals surface area contributed by atoms with E-state index in [2.05, 4.69) is 16.7 Å². The first kappa shape index (κ1) is 21.0. The second kappa shape index (κ2) is 9.30. The first-order valence-electron chi connectivity index (χ1n) is 9.79. The number of ether oxygens (including phenoxy) is 1. The van der Waals surface area contributed by atoms with E-state index >= 15 is 0 Å². The van der Waals surface area contributed by atoms with Gasteiger partial charge in [-0.1, -0.05) is 41.4 Å². The van der Waals surface area contributed by atoms with Gasteiger partial charge in [-0.25, -0.2) is 0 Å². The van der Waals surface area contributed by atoms with Crippen LogP contribution in [0.1, 0.15) is 28.4 Å². The van der Waals surface area contributed by atoms with Crippen molar-refractivity contribution in [3.05, 3.63) is 81.8 Å². The summed E-state index contributed by atoms with van der Waals surface area (Å²) in [6, 6.07) is 20.7. The Kier molecular flexibility index (Phi) is 6.31. The van der Waals surface area contributed by atoms with E-state index in [1.54, 1.807) is 18.2 Å². The highest BCUT2D eigenvalue weighted by atomic mass is 35.5. The Morgan fingerprint density at radius 3 is 2.74 bits per heavy atom. The van der Waals surface area contributed by atoms with Crippen LogP contribution in [0, 0.1) is 11.3 Å². The maximum absolute atomic E-state index is 12.3. The molecular formula is C24H19Cl2N3O2. The highest BCUT2D eigenvalue weighted by Gasteiger charge is 2.25. The minimum absolute atomic E-state index is 0.0638. The number of hydrogen-bond acceptors (Lipinski definition) is 4. The number of carbonyl (C=O) groups is 1. The number of anilines is 1. The summed E-state index contributed by atoms with van der Waals surface area (Å²) in [5.41, 5.74) is 4.26. The van der Waals surface area contributed by atoms with Crippen LogP contribution >= 0.6 is 23.2 Å². The minimum Gasteiger partial charge on any atom is -0.491 e. The van der Waals surface area contributed by atoms with E-state index in [1.165, 1.54) is 0 Å². The van der Waals surface area contributed by atoms with Crippen molar-refractivity contribution in [3.63, 3.8) is 0 Å². The maximum atomic E-state index is 12.3. The smallest absolute Gasteiger partial charge is 0.251 e. The van der Waals surface area contributed by atoms with Gasteiger partial charge < -0.3 is 15.4 Å². The van der Waals surface area contributed by atoms with Crippen molar-refractivity contribution >= 4 is 34.8 Å². The Morgan fingerprint density at radius 2 is 1.94 bits per heavy atom. The van der Waals surface area contributed by atoms with Crippen molar-refractivity contribution < 1.29 is 9.53 Å². The minimum atomic E-state index is -0.196. The van der Waals surface area contributed by atoms with Crippen LogP contribution in [0.3, 0.4) is 0 Å². The number of nitriles is 1. The Morgan fingerprint density at radius 1 is 1.10 bits per heavy atom. The summed E-state index contributed by atoms with van der Waals surface area (Å²) in [6.45, 7) is 0.815. The molecule has 0 fully saturated rings. The third-order valence-electron chi connectivity index (χ3n) is 5.03. The van der Waals surface area contributed by atoms with Crippen LogP contribution in [0.2, 0.25) is 10.0 Å².